The summed E-state index contributed by atoms with van der Waals surface area (Å²) in [7, 11) is 1.24. The molecular weight excluding hydrogens is 420 g/mol. The number of nitrogens with one attached hydrogen (secondary N) is 1. The van der Waals surface area contributed by atoms with Crippen molar-refractivity contribution < 1.29 is 24.4 Å². The molecule has 2 atom stereocenters. The van der Waals surface area contributed by atoms with E-state index in [2.05, 4.69) is 25.6 Å². The van der Waals surface area contributed by atoms with Crippen LogP contribution in [0.4, 0.5) is 5.69 Å². The summed E-state index contributed by atoms with van der Waals surface area (Å²) in [6.45, 7) is -0.246. The van der Waals surface area contributed by atoms with Gasteiger partial charge in [0.1, 0.15) is 6.54 Å². The molecule has 0 saturated heterocycles. The van der Waals surface area contributed by atoms with Crippen molar-refractivity contribution in [2.45, 2.75) is 25.0 Å². The molecule has 3 aromatic rings. The third-order valence-corrected chi connectivity index (χ3v) is 4.69. The Bertz CT molecular complexity index is 1100. The second-order valence-electron chi connectivity index (χ2n) is 6.78. The van der Waals surface area contributed by atoms with E-state index in [1.54, 1.807) is 30.3 Å². The number of hydrogen-bond acceptors (Lipinski definition) is 9. The van der Waals surface area contributed by atoms with Crippen LogP contribution in [0, 0.1) is 10.1 Å². The average Bonchev–Trinajstić information content (AvgIpc) is 3.24. The first kappa shape index (κ1) is 22.5. The molecule has 12 nitrogen and oxygen atoms in total. The van der Waals surface area contributed by atoms with E-state index in [1.165, 1.54) is 30.0 Å². The Labute approximate surface area is 182 Å². The van der Waals surface area contributed by atoms with Crippen LogP contribution < -0.4 is 5.32 Å². The van der Waals surface area contributed by atoms with E-state index in [4.69, 9.17) is 0 Å². The van der Waals surface area contributed by atoms with Crippen LogP contribution in [0.15, 0.2) is 54.6 Å². The number of hydrogen-bond donors (Lipinski definition) is 2. The summed E-state index contributed by atoms with van der Waals surface area (Å²) in [6, 6.07) is 13.2. The van der Waals surface area contributed by atoms with Gasteiger partial charge in [0.15, 0.2) is 5.82 Å². The van der Waals surface area contributed by atoms with Gasteiger partial charge in [0, 0.05) is 18.2 Å². The molecule has 166 valence electrons. The third kappa shape index (κ3) is 5.49. The number of nitrogens with zero attached hydrogens (tertiary/aromatic N) is 5. The number of benzene rings is 2. The normalized spacial score (nSPS) is 12.7. The lowest BCUT2D eigenvalue weighted by Crippen LogP contribution is -2.32. The predicted octanol–water partition coefficient (Wildman–Crippen LogP) is 1.65. The zero-order valence-electron chi connectivity index (χ0n) is 17.0. The Morgan fingerprint density at radius 3 is 2.56 bits per heavy atom. The highest BCUT2D eigenvalue weighted by molar-refractivity contribution is 5.69. The molecule has 3 rings (SSSR count). The second-order valence-corrected chi connectivity index (χ2v) is 6.78. The quantitative estimate of drug-likeness (QED) is 0.269. The van der Waals surface area contributed by atoms with E-state index in [0.29, 0.717) is 11.1 Å². The summed E-state index contributed by atoms with van der Waals surface area (Å²) in [5.41, 5.74) is 0.954. The average molecular weight is 440 g/mol. The molecule has 1 heterocycles. The maximum Gasteiger partial charge on any atom is 0.327 e. The summed E-state index contributed by atoms with van der Waals surface area (Å²) >= 11 is 0. The van der Waals surface area contributed by atoms with E-state index in [9.17, 15) is 24.8 Å². The number of methoxy groups -OCH3 is 1. The van der Waals surface area contributed by atoms with Crippen molar-refractivity contribution >= 4 is 17.6 Å². The van der Waals surface area contributed by atoms with Crippen molar-refractivity contribution in [3.8, 4) is 0 Å². The van der Waals surface area contributed by atoms with E-state index >= 15 is 0 Å². The zero-order chi connectivity index (χ0) is 23.1. The number of carbonyl (C=O) groups is 2. The van der Waals surface area contributed by atoms with Crippen LogP contribution in [-0.4, -0.2) is 49.3 Å². The maximum atomic E-state index is 11.8. The summed E-state index contributed by atoms with van der Waals surface area (Å²) in [5, 5.41) is 35.4. The van der Waals surface area contributed by atoms with Crippen molar-refractivity contribution in [1.82, 2.24) is 25.5 Å². The smallest absolute Gasteiger partial charge is 0.327 e. The summed E-state index contributed by atoms with van der Waals surface area (Å²) in [5.74, 6) is -1.41. The summed E-state index contributed by atoms with van der Waals surface area (Å²) in [4.78, 5) is 34.0. The van der Waals surface area contributed by atoms with Crippen LogP contribution in [0.3, 0.4) is 0 Å². The van der Waals surface area contributed by atoms with Gasteiger partial charge >= 0.3 is 11.9 Å². The maximum absolute atomic E-state index is 11.8. The van der Waals surface area contributed by atoms with Gasteiger partial charge in [-0.25, -0.2) is 4.68 Å². The second kappa shape index (κ2) is 10.2. The molecule has 0 radical (unpaired) electrons. The molecule has 32 heavy (non-hydrogen) atoms. The van der Waals surface area contributed by atoms with Crippen molar-refractivity contribution in [3.63, 3.8) is 0 Å². The molecule has 12 heteroatoms. The molecule has 1 aromatic heterocycles. The number of carbonyl (C=O) groups excluding carboxylic acids is 1. The van der Waals surface area contributed by atoms with Crippen molar-refractivity contribution in [3.05, 3.63) is 81.7 Å². The fraction of sp³-hybridized carbons (Fsp3) is 0.250. The minimum atomic E-state index is -1.10. The number of carboxylic acids is 1. The highest BCUT2D eigenvalue weighted by atomic mass is 16.6. The van der Waals surface area contributed by atoms with Gasteiger partial charge in [0.2, 0.25) is 0 Å². The first-order valence-electron chi connectivity index (χ1n) is 9.49. The molecular formula is C20H20N6O6. The molecule has 0 fully saturated rings. The van der Waals surface area contributed by atoms with Crippen molar-refractivity contribution in [1.29, 1.82) is 0 Å². The number of nitro groups is 1. The Balaban J connectivity index is 2.03. The number of nitro benzene ring substituents is 1. The Morgan fingerprint density at radius 1 is 1.19 bits per heavy atom. The molecule has 0 aliphatic rings. The van der Waals surface area contributed by atoms with Crippen LogP contribution in [-0.2, 0) is 20.9 Å². The van der Waals surface area contributed by atoms with E-state index in [1.807, 2.05) is 6.07 Å². The number of aromatic nitrogens is 4. The monoisotopic (exact) mass is 440 g/mol. The van der Waals surface area contributed by atoms with Gasteiger partial charge in [-0.3, -0.25) is 25.0 Å². The van der Waals surface area contributed by atoms with Gasteiger partial charge in [0.25, 0.3) is 5.69 Å². The standard InChI is InChI=1S/C20H20N6O6/c1-32-18(29)12-25-20(22-23-24-25)19(13-6-3-2-4-7-13)21-16(11-17(27)28)14-8-5-9-15(10-14)26(30)31/h2-10,16,19,21H,11-12H2,1H3,(H,27,28). The summed E-state index contributed by atoms with van der Waals surface area (Å²) < 4.78 is 5.94. The van der Waals surface area contributed by atoms with Gasteiger partial charge in [-0.05, 0) is 21.6 Å². The van der Waals surface area contributed by atoms with E-state index in [-0.39, 0.29) is 24.5 Å². The predicted molar refractivity (Wildman–Crippen MR) is 109 cm³/mol. The molecule has 2 unspecified atom stereocenters. The van der Waals surface area contributed by atoms with Crippen molar-refractivity contribution in [2.75, 3.05) is 7.11 Å². The molecule has 0 saturated carbocycles. The van der Waals surface area contributed by atoms with Crippen LogP contribution in [0.5, 0.6) is 0 Å². The Morgan fingerprint density at radius 2 is 1.91 bits per heavy atom. The third-order valence-electron chi connectivity index (χ3n) is 4.69. The molecule has 0 spiro atoms. The van der Waals surface area contributed by atoms with Gasteiger partial charge < -0.3 is 9.84 Å². The molecule has 0 aliphatic carbocycles. The van der Waals surface area contributed by atoms with E-state index in [0.717, 1.165) is 0 Å². The minimum Gasteiger partial charge on any atom is -0.481 e. The van der Waals surface area contributed by atoms with Crippen LogP contribution in [0.1, 0.15) is 35.5 Å². The number of tetrazole rings is 1. The SMILES string of the molecule is COC(=O)Cn1nnnc1C(NC(CC(=O)O)c1cccc([N+](=O)[O-])c1)c1ccccc1. The van der Waals surface area contributed by atoms with E-state index < -0.39 is 28.9 Å². The Hall–Kier alpha value is -4.19. The van der Waals surface area contributed by atoms with Crippen molar-refractivity contribution in [2.24, 2.45) is 0 Å². The lowest BCUT2D eigenvalue weighted by molar-refractivity contribution is -0.384. The first-order chi connectivity index (χ1) is 15.4. The number of aliphatic carboxylic acids is 1. The molecule has 0 bridgehead atoms. The fourth-order valence-corrected chi connectivity index (χ4v) is 3.19. The molecule has 0 amide bonds. The number of ether oxygens (including phenoxy) is 1. The van der Waals surface area contributed by atoms with Gasteiger partial charge in [0.05, 0.1) is 24.5 Å². The summed E-state index contributed by atoms with van der Waals surface area (Å²) in [6.07, 6.45) is -0.358. The molecule has 2 N–H and O–H groups in total. The fourth-order valence-electron chi connectivity index (χ4n) is 3.19. The Kier molecular flexibility index (Phi) is 7.18. The number of non-ortho nitro benzene ring substituents is 1. The van der Waals surface area contributed by atoms with Gasteiger partial charge in [-0.2, -0.15) is 0 Å². The molecule has 0 aliphatic heterocycles. The lowest BCUT2D eigenvalue weighted by Gasteiger charge is -2.25. The zero-order valence-corrected chi connectivity index (χ0v) is 17.0. The van der Waals surface area contributed by atoms with Gasteiger partial charge in [-0.1, -0.05) is 42.5 Å². The highest BCUT2D eigenvalue weighted by Crippen LogP contribution is 2.28. The largest absolute Gasteiger partial charge is 0.481 e. The number of carboxylic acid groups (broad SMARTS) is 1. The lowest BCUT2D eigenvalue weighted by atomic mass is 9.99. The van der Waals surface area contributed by atoms with Crippen LogP contribution in [0.25, 0.3) is 0 Å². The van der Waals surface area contributed by atoms with Gasteiger partial charge in [-0.15, -0.1) is 5.10 Å². The number of rotatable bonds is 10. The topological polar surface area (TPSA) is 162 Å². The van der Waals surface area contributed by atoms with Crippen LogP contribution >= 0.6 is 0 Å². The first-order valence-corrected chi connectivity index (χ1v) is 9.49. The van der Waals surface area contributed by atoms with Crippen LogP contribution in [0.2, 0.25) is 0 Å². The minimum absolute atomic E-state index is 0.161. The highest BCUT2D eigenvalue weighted by Gasteiger charge is 2.28. The molecule has 2 aromatic carbocycles. The number of esters is 1.